The van der Waals surface area contributed by atoms with Crippen molar-refractivity contribution >= 4 is 0 Å². The van der Waals surface area contributed by atoms with Gasteiger partial charge < -0.3 is 9.88 Å². The number of aryl methyl sites for hydroxylation is 1. The molecule has 0 saturated carbocycles. The average Bonchev–Trinajstić information content (AvgIpc) is 2.91. The number of fused-ring (bicyclic) bond motifs is 1. The molecular weight excluding hydrogens is 265 g/mol. The first-order chi connectivity index (χ1) is 10.2. The second kappa shape index (κ2) is 5.71. The molecule has 0 radical (unpaired) electrons. The van der Waals surface area contributed by atoms with Gasteiger partial charge in [0.1, 0.15) is 5.82 Å². The largest absolute Gasteiger partial charge is 0.349 e. The fourth-order valence-electron chi connectivity index (χ4n) is 3.08. The summed E-state index contributed by atoms with van der Waals surface area (Å²) >= 11 is 0. The van der Waals surface area contributed by atoms with E-state index in [2.05, 4.69) is 17.7 Å². The van der Waals surface area contributed by atoms with Crippen LogP contribution in [-0.4, -0.2) is 11.6 Å². The maximum absolute atomic E-state index is 14.0. The summed E-state index contributed by atoms with van der Waals surface area (Å²) in [4.78, 5) is 0. The van der Waals surface area contributed by atoms with E-state index in [1.165, 1.54) is 23.6 Å². The van der Waals surface area contributed by atoms with Crippen molar-refractivity contribution in [2.45, 2.75) is 31.8 Å². The van der Waals surface area contributed by atoms with Crippen molar-refractivity contribution in [2.24, 2.45) is 0 Å². The highest BCUT2D eigenvalue weighted by Gasteiger charge is 2.20. The summed E-state index contributed by atoms with van der Waals surface area (Å²) in [5.74, 6) is -0.314. The predicted octanol–water partition coefficient (Wildman–Crippen LogP) is 3.14. The highest BCUT2D eigenvalue weighted by molar-refractivity contribution is 5.34. The van der Waals surface area contributed by atoms with Crippen LogP contribution in [0.3, 0.4) is 0 Å². The molecule has 1 aliphatic rings. The second-order valence-corrected chi connectivity index (χ2v) is 5.56. The number of aromatic nitrogens is 1. The van der Waals surface area contributed by atoms with E-state index in [4.69, 9.17) is 5.26 Å². The molecule has 0 fully saturated rings. The van der Waals surface area contributed by atoms with Crippen LogP contribution in [0, 0.1) is 17.1 Å². The number of nitrogens with zero attached hydrogens (tertiary/aromatic N) is 2. The Bertz CT molecular complexity index is 697. The minimum absolute atomic E-state index is 0.314. The van der Waals surface area contributed by atoms with E-state index in [1.54, 1.807) is 12.1 Å². The number of benzene rings is 1. The first-order valence-electron chi connectivity index (χ1n) is 7.25. The van der Waals surface area contributed by atoms with Gasteiger partial charge in [-0.05, 0) is 49.6 Å². The van der Waals surface area contributed by atoms with E-state index in [1.807, 2.05) is 17.7 Å². The molecule has 4 heteroatoms. The van der Waals surface area contributed by atoms with Crippen LogP contribution in [0.5, 0.6) is 0 Å². The van der Waals surface area contributed by atoms with Crippen molar-refractivity contribution in [2.75, 3.05) is 7.05 Å². The maximum Gasteiger partial charge on any atom is 0.129 e. The van der Waals surface area contributed by atoms with Crippen LogP contribution in [0.15, 0.2) is 30.6 Å². The summed E-state index contributed by atoms with van der Waals surface area (Å²) in [5, 5.41) is 12.1. The molecule has 1 heterocycles. The average molecular weight is 283 g/mol. The van der Waals surface area contributed by atoms with Gasteiger partial charge in [0.25, 0.3) is 0 Å². The first kappa shape index (κ1) is 13.8. The zero-order chi connectivity index (χ0) is 14.8. The lowest BCUT2D eigenvalue weighted by atomic mass is 9.91. The molecule has 108 valence electrons. The molecule has 0 saturated heterocycles. The Morgan fingerprint density at radius 2 is 2.29 bits per heavy atom. The van der Waals surface area contributed by atoms with Gasteiger partial charge in [0.15, 0.2) is 0 Å². The Morgan fingerprint density at radius 3 is 3.00 bits per heavy atom. The Labute approximate surface area is 124 Å². The van der Waals surface area contributed by atoms with Gasteiger partial charge in [-0.3, -0.25) is 0 Å². The number of hydrogen-bond acceptors (Lipinski definition) is 2. The number of nitriles is 1. The van der Waals surface area contributed by atoms with Crippen LogP contribution >= 0.6 is 0 Å². The predicted molar refractivity (Wildman–Crippen MR) is 79.4 cm³/mol. The highest BCUT2D eigenvalue weighted by Crippen LogP contribution is 2.30. The summed E-state index contributed by atoms with van der Waals surface area (Å²) in [6.07, 6.45) is 7.67. The zero-order valence-corrected chi connectivity index (χ0v) is 12.1. The molecular formula is C17H18FN3. The van der Waals surface area contributed by atoms with Gasteiger partial charge in [-0.1, -0.05) is 6.07 Å². The van der Waals surface area contributed by atoms with Crippen LogP contribution < -0.4 is 5.32 Å². The molecule has 0 spiro atoms. The van der Waals surface area contributed by atoms with Crippen molar-refractivity contribution in [1.82, 2.24) is 9.88 Å². The van der Waals surface area contributed by atoms with Crippen LogP contribution in [-0.2, 0) is 13.0 Å². The van der Waals surface area contributed by atoms with Gasteiger partial charge in [-0.25, -0.2) is 4.39 Å². The fraction of sp³-hybridized carbons (Fsp3) is 0.353. The smallest absolute Gasteiger partial charge is 0.129 e. The first-order valence-corrected chi connectivity index (χ1v) is 7.25. The van der Waals surface area contributed by atoms with Gasteiger partial charge in [0, 0.05) is 30.5 Å². The standard InChI is InChI=1S/C17H18FN3/c1-20-17-4-2-3-13-9-21(11-15(13)17)10-14-6-5-12(8-19)7-16(14)18/h5-7,9,11,17,20H,2-4,10H2,1H3. The lowest BCUT2D eigenvalue weighted by Crippen LogP contribution is -2.20. The molecule has 0 aliphatic heterocycles. The quantitative estimate of drug-likeness (QED) is 0.940. The molecule has 2 aromatic rings. The van der Waals surface area contributed by atoms with Crippen LogP contribution in [0.1, 0.15) is 41.1 Å². The fourth-order valence-corrected chi connectivity index (χ4v) is 3.08. The lowest BCUT2D eigenvalue weighted by Gasteiger charge is -2.21. The third-order valence-corrected chi connectivity index (χ3v) is 4.20. The molecule has 0 amide bonds. The Kier molecular flexibility index (Phi) is 3.76. The molecule has 3 nitrogen and oxygen atoms in total. The van der Waals surface area contributed by atoms with Gasteiger partial charge in [-0.15, -0.1) is 0 Å². The third kappa shape index (κ3) is 2.70. The van der Waals surface area contributed by atoms with Crippen molar-refractivity contribution < 1.29 is 4.39 Å². The second-order valence-electron chi connectivity index (χ2n) is 5.56. The molecule has 1 aliphatic carbocycles. The Hall–Kier alpha value is -2.12. The normalized spacial score (nSPS) is 17.3. The zero-order valence-electron chi connectivity index (χ0n) is 12.1. The summed E-state index contributed by atoms with van der Waals surface area (Å²) < 4.78 is 16.0. The van der Waals surface area contributed by atoms with Gasteiger partial charge >= 0.3 is 0 Å². The van der Waals surface area contributed by atoms with E-state index in [-0.39, 0.29) is 5.82 Å². The number of rotatable bonds is 3. The van der Waals surface area contributed by atoms with Gasteiger partial charge in [0.05, 0.1) is 11.6 Å². The minimum atomic E-state index is -0.314. The van der Waals surface area contributed by atoms with Crippen LogP contribution in [0.4, 0.5) is 4.39 Å². The van der Waals surface area contributed by atoms with Crippen molar-refractivity contribution in [1.29, 1.82) is 5.26 Å². The molecule has 1 atom stereocenters. The van der Waals surface area contributed by atoms with E-state index in [9.17, 15) is 4.39 Å². The number of hydrogen-bond donors (Lipinski definition) is 1. The summed E-state index contributed by atoms with van der Waals surface area (Å²) in [5.41, 5.74) is 3.66. The monoisotopic (exact) mass is 283 g/mol. The molecule has 1 N–H and O–H groups in total. The third-order valence-electron chi connectivity index (χ3n) is 4.20. The summed E-state index contributed by atoms with van der Waals surface area (Å²) in [6, 6.07) is 7.02. The highest BCUT2D eigenvalue weighted by atomic mass is 19.1. The molecule has 21 heavy (non-hydrogen) atoms. The van der Waals surface area contributed by atoms with Crippen molar-refractivity contribution in [3.8, 4) is 6.07 Å². The molecule has 0 bridgehead atoms. The molecule has 1 aromatic carbocycles. The molecule has 3 rings (SSSR count). The van der Waals surface area contributed by atoms with E-state index in [0.717, 1.165) is 12.8 Å². The summed E-state index contributed by atoms with van der Waals surface area (Å²) in [7, 11) is 1.98. The molecule has 1 unspecified atom stereocenters. The van der Waals surface area contributed by atoms with Crippen LogP contribution in [0.2, 0.25) is 0 Å². The van der Waals surface area contributed by atoms with E-state index >= 15 is 0 Å². The Balaban J connectivity index is 1.86. The lowest BCUT2D eigenvalue weighted by molar-refractivity contribution is 0.498. The van der Waals surface area contributed by atoms with E-state index < -0.39 is 0 Å². The SMILES string of the molecule is CNC1CCCc2cn(Cc3ccc(C#N)cc3F)cc21. The van der Waals surface area contributed by atoms with Crippen molar-refractivity contribution in [3.05, 3.63) is 58.7 Å². The van der Waals surface area contributed by atoms with Gasteiger partial charge in [-0.2, -0.15) is 5.26 Å². The van der Waals surface area contributed by atoms with Crippen LogP contribution in [0.25, 0.3) is 0 Å². The van der Waals surface area contributed by atoms with E-state index in [0.29, 0.717) is 23.7 Å². The maximum atomic E-state index is 14.0. The summed E-state index contributed by atoms with van der Waals surface area (Å²) in [6.45, 7) is 0.501. The minimum Gasteiger partial charge on any atom is -0.349 e. The number of nitrogens with one attached hydrogen (secondary N) is 1. The Morgan fingerprint density at radius 1 is 1.43 bits per heavy atom. The van der Waals surface area contributed by atoms with Crippen molar-refractivity contribution in [3.63, 3.8) is 0 Å². The van der Waals surface area contributed by atoms with Gasteiger partial charge in [0.2, 0.25) is 0 Å². The molecule has 1 aromatic heterocycles. The topological polar surface area (TPSA) is 40.8 Å². The number of halogens is 1.